The molecule has 0 aromatic heterocycles. The predicted molar refractivity (Wildman–Crippen MR) is 109 cm³/mol. The van der Waals surface area contributed by atoms with Crippen molar-refractivity contribution in [3.05, 3.63) is 42.0 Å². The van der Waals surface area contributed by atoms with E-state index in [0.29, 0.717) is 11.4 Å². The van der Waals surface area contributed by atoms with E-state index in [9.17, 15) is 24.4 Å². The van der Waals surface area contributed by atoms with Crippen LogP contribution in [0, 0.1) is 17.8 Å². The summed E-state index contributed by atoms with van der Waals surface area (Å²) in [5.74, 6) is -3.56. The van der Waals surface area contributed by atoms with Crippen molar-refractivity contribution in [3.63, 3.8) is 0 Å². The standard InChI is InChI=1S/C21H28N4O5/c1-14(2)13-17(19(27)23-25-18(26)11-12-22-21(25)29)16(20(28)24-30)10-6-9-15-7-4-3-5-8-15/h3-9,14,16-17,30H,10-13H2,1-2H3,(H,22,29)(H,23,27)(H,24,28)/b9-6+/t16-,17+/m0/s1. The van der Waals surface area contributed by atoms with Crippen molar-refractivity contribution in [1.29, 1.82) is 0 Å². The molecule has 1 aromatic rings. The van der Waals surface area contributed by atoms with Crippen molar-refractivity contribution < 1.29 is 24.4 Å². The van der Waals surface area contributed by atoms with Crippen molar-refractivity contribution in [2.45, 2.75) is 33.1 Å². The van der Waals surface area contributed by atoms with Gasteiger partial charge in [0.15, 0.2) is 0 Å². The molecule has 1 aromatic carbocycles. The zero-order valence-corrected chi connectivity index (χ0v) is 17.1. The second-order valence-corrected chi connectivity index (χ2v) is 7.55. The highest BCUT2D eigenvalue weighted by Gasteiger charge is 2.36. The van der Waals surface area contributed by atoms with Crippen LogP contribution in [0.3, 0.4) is 0 Å². The summed E-state index contributed by atoms with van der Waals surface area (Å²) < 4.78 is 0. The number of hydroxylamine groups is 1. The maximum atomic E-state index is 13.0. The molecule has 9 heteroatoms. The zero-order valence-electron chi connectivity index (χ0n) is 17.1. The Hall–Kier alpha value is -3.20. The van der Waals surface area contributed by atoms with Crippen molar-refractivity contribution in [2.24, 2.45) is 17.8 Å². The topological polar surface area (TPSA) is 128 Å². The van der Waals surface area contributed by atoms with Crippen LogP contribution >= 0.6 is 0 Å². The molecule has 0 unspecified atom stereocenters. The third-order valence-corrected chi connectivity index (χ3v) is 4.78. The maximum absolute atomic E-state index is 13.0. The molecule has 2 rings (SSSR count). The lowest BCUT2D eigenvalue weighted by atomic mass is 9.82. The Labute approximate surface area is 175 Å². The Kier molecular flexibility index (Phi) is 8.54. The number of benzene rings is 1. The molecule has 30 heavy (non-hydrogen) atoms. The van der Waals surface area contributed by atoms with Gasteiger partial charge in [0.2, 0.25) is 11.8 Å². The normalized spacial score (nSPS) is 16.3. The van der Waals surface area contributed by atoms with Crippen LogP contribution < -0.4 is 16.2 Å². The zero-order chi connectivity index (χ0) is 22.1. The van der Waals surface area contributed by atoms with Crippen molar-refractivity contribution in [3.8, 4) is 0 Å². The average molecular weight is 416 g/mol. The second kappa shape index (κ2) is 11.1. The minimum absolute atomic E-state index is 0.0544. The molecule has 0 radical (unpaired) electrons. The van der Waals surface area contributed by atoms with Crippen LogP contribution in [0.5, 0.6) is 0 Å². The van der Waals surface area contributed by atoms with E-state index in [1.54, 1.807) is 11.6 Å². The molecule has 0 bridgehead atoms. The maximum Gasteiger partial charge on any atom is 0.343 e. The van der Waals surface area contributed by atoms with Gasteiger partial charge in [-0.1, -0.05) is 56.3 Å². The van der Waals surface area contributed by atoms with Gasteiger partial charge in [-0.05, 0) is 24.3 Å². The van der Waals surface area contributed by atoms with E-state index in [0.717, 1.165) is 5.56 Å². The number of hydrogen-bond donors (Lipinski definition) is 4. The van der Waals surface area contributed by atoms with Crippen molar-refractivity contribution in [1.82, 2.24) is 21.2 Å². The number of hydrogen-bond acceptors (Lipinski definition) is 5. The number of hydrazine groups is 1. The fraction of sp³-hybridized carbons (Fsp3) is 0.429. The van der Waals surface area contributed by atoms with Crippen LogP contribution in [0.2, 0.25) is 0 Å². The van der Waals surface area contributed by atoms with E-state index < -0.39 is 35.6 Å². The predicted octanol–water partition coefficient (Wildman–Crippen LogP) is 1.85. The van der Waals surface area contributed by atoms with Gasteiger partial charge >= 0.3 is 6.03 Å². The van der Waals surface area contributed by atoms with E-state index in [1.807, 2.05) is 50.3 Å². The van der Waals surface area contributed by atoms with Crippen LogP contribution in [0.25, 0.3) is 6.08 Å². The summed E-state index contributed by atoms with van der Waals surface area (Å²) in [5.41, 5.74) is 4.90. The molecule has 0 saturated carbocycles. The van der Waals surface area contributed by atoms with E-state index >= 15 is 0 Å². The lowest BCUT2D eigenvalue weighted by molar-refractivity contribution is -0.145. The van der Waals surface area contributed by atoms with Gasteiger partial charge in [-0.25, -0.2) is 10.3 Å². The molecule has 1 fully saturated rings. The lowest BCUT2D eigenvalue weighted by Gasteiger charge is -2.30. The fourth-order valence-electron chi connectivity index (χ4n) is 3.30. The first kappa shape index (κ1) is 23.1. The molecule has 162 valence electrons. The number of amides is 5. The van der Waals surface area contributed by atoms with Crippen LogP contribution in [-0.2, 0) is 14.4 Å². The van der Waals surface area contributed by atoms with E-state index in [-0.39, 0.29) is 25.3 Å². The number of nitrogens with zero attached hydrogens (tertiary/aromatic N) is 1. The molecular weight excluding hydrogens is 388 g/mol. The quantitative estimate of drug-likeness (QED) is 0.361. The SMILES string of the molecule is CC(C)C[C@@H](C(=O)NN1C(=O)CCNC1=O)[C@H](C/C=C/c1ccccc1)C(=O)NO. The Bertz CT molecular complexity index is 778. The number of allylic oxidation sites excluding steroid dienone is 1. The van der Waals surface area contributed by atoms with Crippen LogP contribution in [0.1, 0.15) is 38.7 Å². The summed E-state index contributed by atoms with van der Waals surface area (Å²) in [6.07, 6.45) is 4.17. The number of rotatable bonds is 9. The monoisotopic (exact) mass is 416 g/mol. The van der Waals surface area contributed by atoms with E-state index in [2.05, 4.69) is 10.7 Å². The van der Waals surface area contributed by atoms with E-state index in [1.165, 1.54) is 0 Å². The van der Waals surface area contributed by atoms with Crippen LogP contribution in [0.4, 0.5) is 4.79 Å². The highest BCUT2D eigenvalue weighted by atomic mass is 16.5. The van der Waals surface area contributed by atoms with Gasteiger partial charge < -0.3 is 5.32 Å². The molecule has 5 amide bonds. The second-order valence-electron chi connectivity index (χ2n) is 7.55. The molecular formula is C21H28N4O5. The number of imide groups is 1. The van der Waals surface area contributed by atoms with Gasteiger partial charge in [-0.15, -0.1) is 0 Å². The summed E-state index contributed by atoms with van der Waals surface area (Å²) in [5, 5.41) is 12.3. The van der Waals surface area contributed by atoms with Gasteiger partial charge in [-0.2, -0.15) is 5.01 Å². The summed E-state index contributed by atoms with van der Waals surface area (Å²) in [7, 11) is 0. The Morgan fingerprint density at radius 1 is 1.17 bits per heavy atom. The molecule has 1 saturated heterocycles. The number of carbonyl (C=O) groups is 4. The minimum Gasteiger partial charge on any atom is -0.336 e. The Morgan fingerprint density at radius 3 is 2.47 bits per heavy atom. The van der Waals surface area contributed by atoms with E-state index in [4.69, 9.17) is 0 Å². The smallest absolute Gasteiger partial charge is 0.336 e. The summed E-state index contributed by atoms with van der Waals surface area (Å²) >= 11 is 0. The first-order valence-corrected chi connectivity index (χ1v) is 9.90. The minimum atomic E-state index is -0.889. The Morgan fingerprint density at radius 2 is 1.87 bits per heavy atom. The molecule has 1 aliphatic rings. The first-order chi connectivity index (χ1) is 14.3. The molecule has 0 spiro atoms. The number of carbonyl (C=O) groups excluding carboxylic acids is 4. The van der Waals surface area contributed by atoms with Gasteiger partial charge in [0.25, 0.3) is 5.91 Å². The fourth-order valence-corrected chi connectivity index (χ4v) is 3.30. The van der Waals surface area contributed by atoms with Crippen molar-refractivity contribution >= 4 is 29.8 Å². The summed E-state index contributed by atoms with van der Waals surface area (Å²) in [6.45, 7) is 4.00. The largest absolute Gasteiger partial charge is 0.343 e. The van der Waals surface area contributed by atoms with Gasteiger partial charge in [-0.3, -0.25) is 25.0 Å². The number of urea groups is 1. The third kappa shape index (κ3) is 6.41. The van der Waals surface area contributed by atoms with Crippen LogP contribution in [0.15, 0.2) is 36.4 Å². The van der Waals surface area contributed by atoms with Crippen molar-refractivity contribution in [2.75, 3.05) is 6.54 Å². The Balaban J connectivity index is 2.20. The molecule has 2 atom stereocenters. The first-order valence-electron chi connectivity index (χ1n) is 9.90. The molecule has 1 aliphatic heterocycles. The van der Waals surface area contributed by atoms with Gasteiger partial charge in [0, 0.05) is 13.0 Å². The third-order valence-electron chi connectivity index (χ3n) is 4.78. The lowest BCUT2D eigenvalue weighted by Crippen LogP contribution is -2.59. The van der Waals surface area contributed by atoms with Crippen LogP contribution in [-0.4, -0.2) is 40.5 Å². The highest BCUT2D eigenvalue weighted by Crippen LogP contribution is 2.25. The van der Waals surface area contributed by atoms with Gasteiger partial charge in [0.05, 0.1) is 11.8 Å². The molecule has 0 aliphatic carbocycles. The number of nitrogens with one attached hydrogen (secondary N) is 3. The summed E-state index contributed by atoms with van der Waals surface area (Å²) in [4.78, 5) is 49.2. The molecule has 9 nitrogen and oxygen atoms in total. The highest BCUT2D eigenvalue weighted by molar-refractivity contribution is 5.99. The molecule has 1 heterocycles. The molecule has 4 N–H and O–H groups in total. The van der Waals surface area contributed by atoms with Gasteiger partial charge in [0.1, 0.15) is 0 Å². The summed E-state index contributed by atoms with van der Waals surface area (Å²) in [6, 6.07) is 8.74. The average Bonchev–Trinajstić information content (AvgIpc) is 2.72.